The van der Waals surface area contributed by atoms with Crippen LogP contribution in [0.4, 0.5) is 0 Å². The molecule has 0 amide bonds. The molecule has 0 bridgehead atoms. The van der Waals surface area contributed by atoms with E-state index in [4.69, 9.17) is 26.8 Å². The molecule has 0 aliphatic heterocycles. The van der Waals surface area contributed by atoms with Crippen LogP contribution in [0.15, 0.2) is 12.1 Å². The molecule has 1 rings (SSSR count). The van der Waals surface area contributed by atoms with Gasteiger partial charge in [0.15, 0.2) is 11.5 Å². The van der Waals surface area contributed by atoms with Gasteiger partial charge in [0.1, 0.15) is 0 Å². The average Bonchev–Trinajstić information content (AvgIpc) is 2.17. The average molecular weight is 230 g/mol. The Labute approximate surface area is 95.1 Å². The lowest BCUT2D eigenvalue weighted by Crippen LogP contribution is -2.07. The minimum Gasteiger partial charge on any atom is -0.493 e. The third kappa shape index (κ3) is 3.01. The lowest BCUT2D eigenvalue weighted by Gasteiger charge is -2.15. The van der Waals surface area contributed by atoms with Crippen LogP contribution in [0.2, 0.25) is 5.02 Å². The molecule has 0 aliphatic rings. The van der Waals surface area contributed by atoms with Gasteiger partial charge in [-0.1, -0.05) is 11.6 Å². The highest BCUT2D eigenvalue weighted by Gasteiger charge is 2.10. The number of nitrogens with two attached hydrogens (primary N) is 1. The second kappa shape index (κ2) is 5.24. The van der Waals surface area contributed by atoms with Crippen LogP contribution in [-0.2, 0) is 6.54 Å². The predicted octanol–water partition coefficient (Wildman–Crippen LogP) is 2.59. The maximum Gasteiger partial charge on any atom is 0.163 e. The lowest BCUT2D eigenvalue weighted by atomic mass is 10.2. The smallest absolute Gasteiger partial charge is 0.163 e. The summed E-state index contributed by atoms with van der Waals surface area (Å²) in [5.74, 6) is 1.31. The summed E-state index contributed by atoms with van der Waals surface area (Å²) < 4.78 is 10.8. The zero-order valence-corrected chi connectivity index (χ0v) is 9.97. The number of hydrogen-bond donors (Lipinski definition) is 1. The van der Waals surface area contributed by atoms with Crippen LogP contribution in [0.25, 0.3) is 0 Å². The van der Waals surface area contributed by atoms with E-state index in [0.717, 1.165) is 5.56 Å². The molecule has 0 atom stereocenters. The Bertz CT molecular complexity index is 340. The fourth-order valence-electron chi connectivity index (χ4n) is 1.24. The van der Waals surface area contributed by atoms with Gasteiger partial charge in [0, 0.05) is 17.6 Å². The molecular weight excluding hydrogens is 214 g/mol. The molecule has 84 valence electrons. The van der Waals surface area contributed by atoms with Gasteiger partial charge in [0.05, 0.1) is 13.2 Å². The zero-order valence-electron chi connectivity index (χ0n) is 9.21. The molecule has 0 spiro atoms. The Hall–Kier alpha value is -0.930. The molecular formula is C11H16ClNO2. The van der Waals surface area contributed by atoms with E-state index in [0.29, 0.717) is 23.1 Å². The fraction of sp³-hybridized carbons (Fsp3) is 0.455. The summed E-state index contributed by atoms with van der Waals surface area (Å²) in [5.41, 5.74) is 6.40. The zero-order chi connectivity index (χ0) is 11.4. The van der Waals surface area contributed by atoms with E-state index >= 15 is 0 Å². The standard InChI is InChI=1S/C11H16ClNO2/c1-7(2)15-11-5-9(12)8(6-13)4-10(11)14-3/h4-5,7H,6,13H2,1-3H3. The van der Waals surface area contributed by atoms with Crippen LogP contribution >= 0.6 is 11.6 Å². The highest BCUT2D eigenvalue weighted by Crippen LogP contribution is 2.33. The van der Waals surface area contributed by atoms with Gasteiger partial charge < -0.3 is 15.2 Å². The molecule has 1 aromatic rings. The summed E-state index contributed by atoms with van der Waals surface area (Å²) in [4.78, 5) is 0. The van der Waals surface area contributed by atoms with Gasteiger partial charge in [-0.15, -0.1) is 0 Å². The summed E-state index contributed by atoms with van der Waals surface area (Å²) in [6, 6.07) is 3.54. The minimum absolute atomic E-state index is 0.0821. The first-order chi connectivity index (χ1) is 7.08. The van der Waals surface area contributed by atoms with Crippen molar-refractivity contribution in [3.8, 4) is 11.5 Å². The van der Waals surface area contributed by atoms with Crippen molar-refractivity contribution in [3.63, 3.8) is 0 Å². The van der Waals surface area contributed by atoms with E-state index in [1.807, 2.05) is 13.8 Å². The summed E-state index contributed by atoms with van der Waals surface area (Å²) in [6.07, 6.45) is 0.0821. The number of rotatable bonds is 4. The summed E-state index contributed by atoms with van der Waals surface area (Å²) >= 11 is 6.03. The van der Waals surface area contributed by atoms with Crippen molar-refractivity contribution < 1.29 is 9.47 Å². The molecule has 0 aliphatic carbocycles. The van der Waals surface area contributed by atoms with E-state index in [2.05, 4.69) is 0 Å². The maximum absolute atomic E-state index is 6.03. The third-order valence-corrected chi connectivity index (χ3v) is 2.27. The quantitative estimate of drug-likeness (QED) is 0.863. The van der Waals surface area contributed by atoms with Crippen molar-refractivity contribution in [3.05, 3.63) is 22.7 Å². The first-order valence-corrected chi connectivity index (χ1v) is 5.19. The molecule has 4 heteroatoms. The van der Waals surface area contributed by atoms with Crippen molar-refractivity contribution in [2.45, 2.75) is 26.5 Å². The van der Waals surface area contributed by atoms with Gasteiger partial charge in [-0.05, 0) is 25.5 Å². The van der Waals surface area contributed by atoms with Crippen molar-refractivity contribution >= 4 is 11.6 Å². The van der Waals surface area contributed by atoms with E-state index in [1.54, 1.807) is 19.2 Å². The third-order valence-electron chi connectivity index (χ3n) is 1.92. The van der Waals surface area contributed by atoms with Gasteiger partial charge in [-0.3, -0.25) is 0 Å². The van der Waals surface area contributed by atoms with Crippen LogP contribution in [0, 0.1) is 0 Å². The molecule has 15 heavy (non-hydrogen) atoms. The Balaban J connectivity index is 3.09. The normalized spacial score (nSPS) is 10.5. The van der Waals surface area contributed by atoms with Crippen LogP contribution in [0.5, 0.6) is 11.5 Å². The molecule has 0 heterocycles. The summed E-state index contributed by atoms with van der Waals surface area (Å²) in [5, 5.41) is 0.606. The molecule has 3 nitrogen and oxygen atoms in total. The van der Waals surface area contributed by atoms with E-state index < -0.39 is 0 Å². The Morgan fingerprint density at radius 3 is 2.47 bits per heavy atom. The fourth-order valence-corrected chi connectivity index (χ4v) is 1.47. The second-order valence-electron chi connectivity index (χ2n) is 3.47. The first kappa shape index (κ1) is 12.1. The van der Waals surface area contributed by atoms with Crippen molar-refractivity contribution in [1.82, 2.24) is 0 Å². The Kier molecular flexibility index (Phi) is 4.24. The number of halogens is 1. The summed E-state index contributed by atoms with van der Waals surface area (Å²) in [6.45, 7) is 4.28. The maximum atomic E-state index is 6.03. The van der Waals surface area contributed by atoms with Gasteiger partial charge in [0.25, 0.3) is 0 Å². The van der Waals surface area contributed by atoms with Gasteiger partial charge in [-0.25, -0.2) is 0 Å². The van der Waals surface area contributed by atoms with E-state index in [1.165, 1.54) is 0 Å². The topological polar surface area (TPSA) is 44.5 Å². The largest absolute Gasteiger partial charge is 0.493 e. The van der Waals surface area contributed by atoms with Crippen molar-refractivity contribution in [1.29, 1.82) is 0 Å². The van der Waals surface area contributed by atoms with Crippen LogP contribution in [0.1, 0.15) is 19.4 Å². The van der Waals surface area contributed by atoms with Gasteiger partial charge in [-0.2, -0.15) is 0 Å². The van der Waals surface area contributed by atoms with Crippen molar-refractivity contribution in [2.75, 3.05) is 7.11 Å². The Morgan fingerprint density at radius 2 is 2.00 bits per heavy atom. The van der Waals surface area contributed by atoms with Gasteiger partial charge in [0.2, 0.25) is 0 Å². The molecule has 0 radical (unpaired) electrons. The number of methoxy groups -OCH3 is 1. The molecule has 0 saturated carbocycles. The molecule has 0 saturated heterocycles. The molecule has 2 N–H and O–H groups in total. The first-order valence-electron chi connectivity index (χ1n) is 4.81. The highest BCUT2D eigenvalue weighted by atomic mass is 35.5. The van der Waals surface area contributed by atoms with Crippen LogP contribution < -0.4 is 15.2 Å². The van der Waals surface area contributed by atoms with Crippen LogP contribution in [-0.4, -0.2) is 13.2 Å². The Morgan fingerprint density at radius 1 is 1.33 bits per heavy atom. The number of benzene rings is 1. The van der Waals surface area contributed by atoms with E-state index in [-0.39, 0.29) is 6.10 Å². The molecule has 0 fully saturated rings. The lowest BCUT2D eigenvalue weighted by molar-refractivity contribution is 0.230. The van der Waals surface area contributed by atoms with Gasteiger partial charge >= 0.3 is 0 Å². The van der Waals surface area contributed by atoms with Crippen molar-refractivity contribution in [2.24, 2.45) is 5.73 Å². The highest BCUT2D eigenvalue weighted by molar-refractivity contribution is 6.31. The minimum atomic E-state index is 0.0821. The van der Waals surface area contributed by atoms with Crippen LogP contribution in [0.3, 0.4) is 0 Å². The molecule has 0 aromatic heterocycles. The predicted molar refractivity (Wildman–Crippen MR) is 61.7 cm³/mol. The molecule has 0 unspecified atom stereocenters. The monoisotopic (exact) mass is 229 g/mol. The number of hydrogen-bond acceptors (Lipinski definition) is 3. The molecule has 1 aromatic carbocycles. The van der Waals surface area contributed by atoms with E-state index in [9.17, 15) is 0 Å². The second-order valence-corrected chi connectivity index (χ2v) is 3.87. The SMILES string of the molecule is COc1cc(CN)c(Cl)cc1OC(C)C. The number of ether oxygens (including phenoxy) is 2. The summed E-state index contributed by atoms with van der Waals surface area (Å²) in [7, 11) is 1.59.